The third-order valence-electron chi connectivity index (χ3n) is 3.27. The van der Waals surface area contributed by atoms with Gasteiger partial charge in [0.25, 0.3) is 0 Å². The summed E-state index contributed by atoms with van der Waals surface area (Å²) in [4.78, 5) is 13.4. The molecule has 1 atom stereocenters. The summed E-state index contributed by atoms with van der Waals surface area (Å²) in [6, 6.07) is 7.18. The first-order chi connectivity index (χ1) is 8.63. The molecule has 4 heteroatoms. The lowest BCUT2D eigenvalue weighted by atomic mass is 10.1. The SMILES string of the molecule is CCOc1ccc(C(C(=O)O)N(C)C2CC2)cc1. The van der Waals surface area contributed by atoms with Gasteiger partial charge >= 0.3 is 5.97 Å². The van der Waals surface area contributed by atoms with E-state index in [1.54, 1.807) is 0 Å². The van der Waals surface area contributed by atoms with Crippen molar-refractivity contribution in [1.82, 2.24) is 4.90 Å². The van der Waals surface area contributed by atoms with E-state index in [-0.39, 0.29) is 0 Å². The Morgan fingerprint density at radius 1 is 1.44 bits per heavy atom. The monoisotopic (exact) mass is 249 g/mol. The fourth-order valence-corrected chi connectivity index (χ4v) is 2.16. The molecule has 1 unspecified atom stereocenters. The van der Waals surface area contributed by atoms with Gasteiger partial charge in [-0.05, 0) is 44.5 Å². The number of hydrogen-bond donors (Lipinski definition) is 1. The maximum atomic E-state index is 11.4. The van der Waals surface area contributed by atoms with E-state index in [0.29, 0.717) is 12.6 Å². The minimum Gasteiger partial charge on any atom is -0.494 e. The van der Waals surface area contributed by atoms with Gasteiger partial charge in [0.2, 0.25) is 0 Å². The maximum Gasteiger partial charge on any atom is 0.325 e. The first kappa shape index (κ1) is 12.9. The summed E-state index contributed by atoms with van der Waals surface area (Å²) < 4.78 is 5.36. The van der Waals surface area contributed by atoms with Gasteiger partial charge in [0.05, 0.1) is 6.61 Å². The molecule has 0 bridgehead atoms. The van der Waals surface area contributed by atoms with Crippen molar-refractivity contribution in [2.45, 2.75) is 31.8 Å². The molecule has 2 rings (SSSR count). The second-order valence-corrected chi connectivity index (χ2v) is 4.64. The number of carboxylic acid groups (broad SMARTS) is 1. The summed E-state index contributed by atoms with van der Waals surface area (Å²) in [5.41, 5.74) is 0.806. The summed E-state index contributed by atoms with van der Waals surface area (Å²) >= 11 is 0. The van der Waals surface area contributed by atoms with Crippen LogP contribution < -0.4 is 4.74 Å². The van der Waals surface area contributed by atoms with Crippen molar-refractivity contribution >= 4 is 5.97 Å². The molecule has 1 aliphatic carbocycles. The molecule has 1 aromatic rings. The van der Waals surface area contributed by atoms with Crippen LogP contribution in [0.1, 0.15) is 31.4 Å². The Morgan fingerprint density at radius 3 is 2.50 bits per heavy atom. The third kappa shape index (κ3) is 2.82. The minimum atomic E-state index is -0.798. The van der Waals surface area contributed by atoms with Crippen LogP contribution >= 0.6 is 0 Å². The molecule has 98 valence electrons. The molecular formula is C14H19NO3. The quantitative estimate of drug-likeness (QED) is 0.840. The Labute approximate surface area is 107 Å². The molecular weight excluding hydrogens is 230 g/mol. The van der Waals surface area contributed by atoms with E-state index in [1.807, 2.05) is 43.1 Å². The number of ether oxygens (including phenoxy) is 1. The summed E-state index contributed by atoms with van der Waals surface area (Å²) in [6.07, 6.45) is 2.19. The summed E-state index contributed by atoms with van der Waals surface area (Å²) in [5, 5.41) is 9.37. The van der Waals surface area contributed by atoms with Crippen molar-refractivity contribution < 1.29 is 14.6 Å². The van der Waals surface area contributed by atoms with Gasteiger partial charge in [-0.2, -0.15) is 0 Å². The van der Waals surface area contributed by atoms with Gasteiger partial charge in [0.15, 0.2) is 0 Å². The van der Waals surface area contributed by atoms with Gasteiger partial charge in [-0.15, -0.1) is 0 Å². The second kappa shape index (κ2) is 5.40. The second-order valence-electron chi connectivity index (χ2n) is 4.64. The van der Waals surface area contributed by atoms with Crippen LogP contribution in [-0.2, 0) is 4.79 Å². The molecule has 0 amide bonds. The normalized spacial score (nSPS) is 16.6. The predicted molar refractivity (Wildman–Crippen MR) is 68.8 cm³/mol. The van der Waals surface area contributed by atoms with Crippen LogP contribution in [0.4, 0.5) is 0 Å². The molecule has 0 spiro atoms. The molecule has 1 fully saturated rings. The van der Waals surface area contributed by atoms with Crippen molar-refractivity contribution in [3.8, 4) is 5.75 Å². The number of nitrogens with zero attached hydrogens (tertiary/aromatic N) is 1. The molecule has 0 saturated heterocycles. The smallest absolute Gasteiger partial charge is 0.325 e. The average Bonchev–Trinajstić information content (AvgIpc) is 3.15. The Bertz CT molecular complexity index is 412. The fourth-order valence-electron chi connectivity index (χ4n) is 2.16. The standard InChI is InChI=1S/C14H19NO3/c1-3-18-12-8-4-10(5-9-12)13(14(16)17)15(2)11-6-7-11/h4-5,8-9,11,13H,3,6-7H2,1-2H3,(H,16,17). The van der Waals surface area contributed by atoms with E-state index < -0.39 is 12.0 Å². The lowest BCUT2D eigenvalue weighted by molar-refractivity contribution is -0.143. The number of likely N-dealkylation sites (N-methyl/N-ethyl adjacent to an activating group) is 1. The van der Waals surface area contributed by atoms with E-state index in [1.165, 1.54) is 0 Å². The van der Waals surface area contributed by atoms with Crippen LogP contribution in [0.25, 0.3) is 0 Å². The molecule has 0 aliphatic heterocycles. The zero-order valence-corrected chi connectivity index (χ0v) is 10.8. The van der Waals surface area contributed by atoms with Crippen LogP contribution in [0.2, 0.25) is 0 Å². The average molecular weight is 249 g/mol. The van der Waals surface area contributed by atoms with E-state index in [2.05, 4.69) is 0 Å². The number of rotatable bonds is 6. The Kier molecular flexibility index (Phi) is 3.87. The minimum absolute atomic E-state index is 0.415. The number of hydrogen-bond acceptors (Lipinski definition) is 3. The molecule has 1 aliphatic rings. The van der Waals surface area contributed by atoms with E-state index in [9.17, 15) is 9.90 Å². The molecule has 1 aromatic carbocycles. The highest BCUT2D eigenvalue weighted by molar-refractivity contribution is 5.75. The molecule has 4 nitrogen and oxygen atoms in total. The van der Waals surface area contributed by atoms with Gasteiger partial charge in [-0.1, -0.05) is 12.1 Å². The van der Waals surface area contributed by atoms with Gasteiger partial charge in [-0.3, -0.25) is 9.69 Å². The molecule has 0 radical (unpaired) electrons. The lowest BCUT2D eigenvalue weighted by Crippen LogP contribution is -2.32. The highest BCUT2D eigenvalue weighted by atomic mass is 16.5. The maximum absolute atomic E-state index is 11.4. The van der Waals surface area contributed by atoms with Crippen molar-refractivity contribution in [3.05, 3.63) is 29.8 Å². The van der Waals surface area contributed by atoms with Crippen LogP contribution in [0.3, 0.4) is 0 Å². The Hall–Kier alpha value is -1.55. The number of aliphatic carboxylic acids is 1. The van der Waals surface area contributed by atoms with Gasteiger partial charge < -0.3 is 9.84 Å². The van der Waals surface area contributed by atoms with Gasteiger partial charge in [-0.25, -0.2) is 0 Å². The van der Waals surface area contributed by atoms with Crippen LogP contribution in [0, 0.1) is 0 Å². The zero-order valence-electron chi connectivity index (χ0n) is 10.8. The summed E-state index contributed by atoms with van der Waals surface area (Å²) in [5.74, 6) is -0.0203. The Balaban J connectivity index is 2.17. The van der Waals surface area contributed by atoms with Crippen molar-refractivity contribution in [2.75, 3.05) is 13.7 Å². The van der Waals surface area contributed by atoms with Gasteiger partial charge in [0, 0.05) is 6.04 Å². The number of carbonyl (C=O) groups is 1. The molecule has 18 heavy (non-hydrogen) atoms. The van der Waals surface area contributed by atoms with Crippen LogP contribution in [-0.4, -0.2) is 35.7 Å². The largest absolute Gasteiger partial charge is 0.494 e. The number of benzene rings is 1. The highest BCUT2D eigenvalue weighted by Crippen LogP contribution is 2.33. The topological polar surface area (TPSA) is 49.8 Å². The molecule has 0 aromatic heterocycles. The summed E-state index contributed by atoms with van der Waals surface area (Å²) in [7, 11) is 1.88. The Morgan fingerprint density at radius 2 is 2.06 bits per heavy atom. The molecule has 1 saturated carbocycles. The first-order valence-corrected chi connectivity index (χ1v) is 6.31. The zero-order chi connectivity index (χ0) is 13.1. The van der Waals surface area contributed by atoms with Crippen LogP contribution in [0.5, 0.6) is 5.75 Å². The van der Waals surface area contributed by atoms with E-state index in [0.717, 1.165) is 24.2 Å². The predicted octanol–water partition coefficient (Wildman–Crippen LogP) is 2.31. The molecule has 0 heterocycles. The number of carboxylic acids is 1. The van der Waals surface area contributed by atoms with E-state index in [4.69, 9.17) is 4.74 Å². The van der Waals surface area contributed by atoms with Crippen LogP contribution in [0.15, 0.2) is 24.3 Å². The highest BCUT2D eigenvalue weighted by Gasteiger charge is 2.35. The third-order valence-corrected chi connectivity index (χ3v) is 3.27. The fraction of sp³-hybridized carbons (Fsp3) is 0.500. The van der Waals surface area contributed by atoms with Crippen molar-refractivity contribution in [3.63, 3.8) is 0 Å². The lowest BCUT2D eigenvalue weighted by Gasteiger charge is -2.24. The molecule has 1 N–H and O–H groups in total. The van der Waals surface area contributed by atoms with Crippen molar-refractivity contribution in [2.24, 2.45) is 0 Å². The van der Waals surface area contributed by atoms with Gasteiger partial charge in [0.1, 0.15) is 11.8 Å². The van der Waals surface area contributed by atoms with E-state index >= 15 is 0 Å². The summed E-state index contributed by atoms with van der Waals surface area (Å²) in [6.45, 7) is 2.54. The first-order valence-electron chi connectivity index (χ1n) is 6.31. The van der Waals surface area contributed by atoms with Crippen molar-refractivity contribution in [1.29, 1.82) is 0 Å².